The third kappa shape index (κ3) is 2.59. The van der Waals surface area contributed by atoms with Crippen LogP contribution in [0.15, 0.2) is 40.9 Å². The first-order chi connectivity index (χ1) is 9.57. The number of nitrogens with one attached hydrogen (secondary N) is 1. The van der Waals surface area contributed by atoms with E-state index in [4.69, 9.17) is 0 Å². The summed E-state index contributed by atoms with van der Waals surface area (Å²) < 4.78 is 1.07. The lowest BCUT2D eigenvalue weighted by Gasteiger charge is -2.22. The summed E-state index contributed by atoms with van der Waals surface area (Å²) in [4.78, 5) is 12.4. The first-order valence-corrected chi connectivity index (χ1v) is 7.87. The summed E-state index contributed by atoms with van der Waals surface area (Å²) in [5.41, 5.74) is 0.701. The molecule has 0 aromatic heterocycles. The van der Waals surface area contributed by atoms with Gasteiger partial charge in [0.15, 0.2) is 0 Å². The second-order valence-corrected chi connectivity index (χ2v) is 6.84. The quantitative estimate of drug-likeness (QED) is 0.812. The zero-order valence-electron chi connectivity index (χ0n) is 11.6. The molecule has 0 spiro atoms. The van der Waals surface area contributed by atoms with Crippen LogP contribution < -0.4 is 5.32 Å². The Balaban J connectivity index is 1.84. The van der Waals surface area contributed by atoms with Crippen LogP contribution in [-0.2, 0) is 4.79 Å². The van der Waals surface area contributed by atoms with E-state index in [2.05, 4.69) is 40.3 Å². The minimum atomic E-state index is -0.186. The number of carbonyl (C=O) groups is 1. The van der Waals surface area contributed by atoms with Crippen LogP contribution in [0.25, 0.3) is 10.8 Å². The van der Waals surface area contributed by atoms with Crippen LogP contribution in [0.4, 0.5) is 5.69 Å². The van der Waals surface area contributed by atoms with Crippen LogP contribution in [0.3, 0.4) is 0 Å². The van der Waals surface area contributed by atoms with E-state index in [-0.39, 0.29) is 11.3 Å². The molecule has 20 heavy (non-hydrogen) atoms. The molecule has 0 atom stereocenters. The lowest BCUT2D eigenvalue weighted by atomic mass is 9.88. The van der Waals surface area contributed by atoms with Gasteiger partial charge >= 0.3 is 0 Å². The average molecular weight is 332 g/mol. The topological polar surface area (TPSA) is 29.1 Å². The van der Waals surface area contributed by atoms with Crippen LogP contribution in [0.1, 0.15) is 32.6 Å². The molecule has 0 radical (unpaired) electrons. The van der Waals surface area contributed by atoms with Crippen molar-refractivity contribution < 1.29 is 4.79 Å². The molecule has 3 rings (SSSR count). The lowest BCUT2D eigenvalue weighted by molar-refractivity contribution is -0.124. The fraction of sp³-hybridized carbons (Fsp3) is 0.353. The number of rotatable bonds is 2. The van der Waals surface area contributed by atoms with Gasteiger partial charge in [-0.05, 0) is 47.9 Å². The normalized spacial score (nSPS) is 17.3. The van der Waals surface area contributed by atoms with Gasteiger partial charge in [0, 0.05) is 15.6 Å². The van der Waals surface area contributed by atoms with Crippen molar-refractivity contribution in [2.45, 2.75) is 32.6 Å². The van der Waals surface area contributed by atoms with Gasteiger partial charge in [-0.2, -0.15) is 0 Å². The second-order valence-electron chi connectivity index (χ2n) is 5.93. The Morgan fingerprint density at radius 3 is 2.50 bits per heavy atom. The Morgan fingerprint density at radius 1 is 1.10 bits per heavy atom. The van der Waals surface area contributed by atoms with Crippen molar-refractivity contribution in [3.63, 3.8) is 0 Å². The van der Waals surface area contributed by atoms with E-state index >= 15 is 0 Å². The van der Waals surface area contributed by atoms with Gasteiger partial charge in [-0.15, -0.1) is 0 Å². The Morgan fingerprint density at radius 2 is 1.75 bits per heavy atom. The lowest BCUT2D eigenvalue weighted by Crippen LogP contribution is -2.30. The molecule has 1 fully saturated rings. The summed E-state index contributed by atoms with van der Waals surface area (Å²) in [5.74, 6) is 0.159. The predicted molar refractivity (Wildman–Crippen MR) is 86.9 cm³/mol. The maximum atomic E-state index is 12.4. The number of hydrogen-bond acceptors (Lipinski definition) is 1. The number of carbonyl (C=O) groups excluding carboxylic acids is 1. The van der Waals surface area contributed by atoms with Gasteiger partial charge in [-0.1, -0.05) is 47.8 Å². The van der Waals surface area contributed by atoms with Crippen molar-refractivity contribution in [1.82, 2.24) is 0 Å². The maximum absolute atomic E-state index is 12.4. The Bertz CT molecular complexity index is 659. The summed E-state index contributed by atoms with van der Waals surface area (Å²) >= 11 is 3.47. The number of anilines is 1. The van der Waals surface area contributed by atoms with Gasteiger partial charge in [-0.3, -0.25) is 4.79 Å². The number of amides is 1. The van der Waals surface area contributed by atoms with E-state index in [0.717, 1.165) is 41.2 Å². The highest BCUT2D eigenvalue weighted by Gasteiger charge is 2.36. The molecule has 0 aliphatic heterocycles. The minimum absolute atomic E-state index is 0.159. The largest absolute Gasteiger partial charge is 0.326 e. The number of benzene rings is 2. The smallest absolute Gasteiger partial charge is 0.230 e. The number of hydrogen-bond donors (Lipinski definition) is 1. The molecule has 0 heterocycles. The monoisotopic (exact) mass is 331 g/mol. The van der Waals surface area contributed by atoms with E-state index < -0.39 is 0 Å². The fourth-order valence-electron chi connectivity index (χ4n) is 2.96. The zero-order valence-corrected chi connectivity index (χ0v) is 13.2. The molecule has 104 valence electrons. The van der Waals surface area contributed by atoms with E-state index in [0.29, 0.717) is 0 Å². The molecule has 2 aromatic carbocycles. The molecule has 0 bridgehead atoms. The summed E-state index contributed by atoms with van der Waals surface area (Å²) in [6.45, 7) is 2.08. The third-order valence-corrected chi connectivity index (χ3v) is 4.81. The second kappa shape index (κ2) is 5.21. The number of halogens is 1. The van der Waals surface area contributed by atoms with Gasteiger partial charge in [0.2, 0.25) is 5.91 Å². The molecule has 1 saturated carbocycles. The molecule has 1 N–H and O–H groups in total. The molecule has 3 heteroatoms. The van der Waals surface area contributed by atoms with Gasteiger partial charge in [0.1, 0.15) is 0 Å². The van der Waals surface area contributed by atoms with Crippen LogP contribution in [-0.4, -0.2) is 5.91 Å². The average Bonchev–Trinajstić information content (AvgIpc) is 2.87. The zero-order chi connectivity index (χ0) is 14.2. The first-order valence-electron chi connectivity index (χ1n) is 7.08. The van der Waals surface area contributed by atoms with Crippen molar-refractivity contribution in [2.24, 2.45) is 5.41 Å². The SMILES string of the molecule is CC1(C(=O)Nc2ccc3cc(Br)ccc3c2)CCCC1. The standard InChI is InChI=1S/C17H18BrNO/c1-17(8-2-3-9-17)16(20)19-15-7-5-12-10-14(18)6-4-13(12)11-15/h4-7,10-11H,2-3,8-9H2,1H3,(H,19,20). The summed E-state index contributed by atoms with van der Waals surface area (Å²) in [5, 5.41) is 5.39. The molecule has 2 aromatic rings. The first kappa shape index (κ1) is 13.6. The molecule has 2 nitrogen and oxygen atoms in total. The highest BCUT2D eigenvalue weighted by atomic mass is 79.9. The van der Waals surface area contributed by atoms with Crippen molar-refractivity contribution in [3.05, 3.63) is 40.9 Å². The summed E-state index contributed by atoms with van der Waals surface area (Å²) in [6, 6.07) is 12.2. The highest BCUT2D eigenvalue weighted by Crippen LogP contribution is 2.38. The van der Waals surface area contributed by atoms with Gasteiger partial charge in [0.25, 0.3) is 0 Å². The van der Waals surface area contributed by atoms with Crippen molar-refractivity contribution >= 4 is 38.3 Å². The Hall–Kier alpha value is -1.35. The molecule has 1 aliphatic carbocycles. The van der Waals surface area contributed by atoms with Crippen LogP contribution in [0, 0.1) is 5.41 Å². The van der Waals surface area contributed by atoms with E-state index in [9.17, 15) is 4.79 Å². The summed E-state index contributed by atoms with van der Waals surface area (Å²) in [6.07, 6.45) is 4.32. The van der Waals surface area contributed by atoms with E-state index in [1.54, 1.807) is 0 Å². The fourth-order valence-corrected chi connectivity index (χ4v) is 3.34. The Labute approximate surface area is 127 Å². The third-order valence-electron chi connectivity index (χ3n) is 4.32. The molecule has 0 saturated heterocycles. The van der Waals surface area contributed by atoms with Gasteiger partial charge in [0.05, 0.1) is 0 Å². The van der Waals surface area contributed by atoms with E-state index in [1.165, 1.54) is 5.39 Å². The van der Waals surface area contributed by atoms with Gasteiger partial charge < -0.3 is 5.32 Å². The predicted octanol–water partition coefficient (Wildman–Crippen LogP) is 5.12. The van der Waals surface area contributed by atoms with Crippen molar-refractivity contribution in [1.29, 1.82) is 0 Å². The molecular formula is C17H18BrNO. The molecule has 1 aliphatic rings. The van der Waals surface area contributed by atoms with Crippen molar-refractivity contribution in [2.75, 3.05) is 5.32 Å². The molecule has 0 unspecified atom stereocenters. The Kier molecular flexibility index (Phi) is 3.55. The molecule has 1 amide bonds. The van der Waals surface area contributed by atoms with E-state index in [1.807, 2.05) is 24.3 Å². The maximum Gasteiger partial charge on any atom is 0.230 e. The molecular weight excluding hydrogens is 314 g/mol. The minimum Gasteiger partial charge on any atom is -0.326 e. The van der Waals surface area contributed by atoms with Gasteiger partial charge in [-0.25, -0.2) is 0 Å². The highest BCUT2D eigenvalue weighted by molar-refractivity contribution is 9.10. The van der Waals surface area contributed by atoms with Crippen LogP contribution in [0.5, 0.6) is 0 Å². The number of fused-ring (bicyclic) bond motifs is 1. The summed E-state index contributed by atoms with van der Waals surface area (Å²) in [7, 11) is 0. The van der Waals surface area contributed by atoms with Crippen LogP contribution >= 0.6 is 15.9 Å². The van der Waals surface area contributed by atoms with Crippen molar-refractivity contribution in [3.8, 4) is 0 Å². The van der Waals surface area contributed by atoms with Crippen LogP contribution in [0.2, 0.25) is 0 Å².